The number of hydrogen-bond donors (Lipinski definition) is 1. The van der Waals surface area contributed by atoms with Gasteiger partial charge in [0.2, 0.25) is 21.8 Å². The number of hydrogen-bond acceptors (Lipinski definition) is 6. The fraction of sp³-hybridized carbons (Fsp3) is 0.310. The molecule has 212 valence electrons. The third-order valence-electron chi connectivity index (χ3n) is 6.61. The van der Waals surface area contributed by atoms with Crippen molar-refractivity contribution < 1.29 is 27.5 Å². The van der Waals surface area contributed by atoms with E-state index in [1.165, 1.54) is 18.9 Å². The van der Waals surface area contributed by atoms with E-state index in [9.17, 15) is 18.0 Å². The van der Waals surface area contributed by atoms with E-state index in [0.29, 0.717) is 35.3 Å². The third kappa shape index (κ3) is 6.86. The second kappa shape index (κ2) is 13.1. The first-order valence-corrected chi connectivity index (χ1v) is 14.9. The Hall–Kier alpha value is -3.76. The van der Waals surface area contributed by atoms with E-state index in [2.05, 4.69) is 5.32 Å². The molecule has 0 bridgehead atoms. The van der Waals surface area contributed by atoms with Gasteiger partial charge in [0.05, 0.1) is 11.4 Å². The number of benzene rings is 3. The second-order valence-electron chi connectivity index (χ2n) is 9.17. The summed E-state index contributed by atoms with van der Waals surface area (Å²) in [6.07, 6.45) is 0.223. The van der Waals surface area contributed by atoms with E-state index in [0.717, 1.165) is 9.87 Å². The Labute approximate surface area is 239 Å². The molecule has 0 aromatic heterocycles. The molecule has 9 nitrogen and oxygen atoms in total. The quantitative estimate of drug-likeness (QED) is 0.368. The van der Waals surface area contributed by atoms with Gasteiger partial charge < -0.3 is 19.7 Å². The van der Waals surface area contributed by atoms with Crippen molar-refractivity contribution >= 4 is 39.1 Å². The van der Waals surface area contributed by atoms with Crippen molar-refractivity contribution in [2.24, 2.45) is 0 Å². The molecule has 2 amide bonds. The predicted octanol–water partition coefficient (Wildman–Crippen LogP) is 3.65. The fourth-order valence-corrected chi connectivity index (χ4v) is 5.69. The largest absolute Gasteiger partial charge is 0.486 e. The highest BCUT2D eigenvalue weighted by molar-refractivity contribution is 7.92. The zero-order valence-corrected chi connectivity index (χ0v) is 24.0. The first-order chi connectivity index (χ1) is 19.2. The van der Waals surface area contributed by atoms with Gasteiger partial charge in [-0.2, -0.15) is 0 Å². The topological polar surface area (TPSA) is 105 Å². The minimum Gasteiger partial charge on any atom is -0.486 e. The lowest BCUT2D eigenvalue weighted by Crippen LogP contribution is -2.53. The van der Waals surface area contributed by atoms with Crippen molar-refractivity contribution in [1.29, 1.82) is 0 Å². The van der Waals surface area contributed by atoms with Crippen LogP contribution >= 0.6 is 11.6 Å². The summed E-state index contributed by atoms with van der Waals surface area (Å²) in [4.78, 5) is 28.7. The fourth-order valence-electron chi connectivity index (χ4n) is 4.44. The molecule has 4 rings (SSSR count). The van der Waals surface area contributed by atoms with Crippen LogP contribution in [-0.4, -0.2) is 63.7 Å². The van der Waals surface area contributed by atoms with E-state index >= 15 is 0 Å². The van der Waals surface area contributed by atoms with E-state index in [-0.39, 0.29) is 30.3 Å². The van der Waals surface area contributed by atoms with Crippen LogP contribution in [-0.2, 0) is 32.6 Å². The van der Waals surface area contributed by atoms with Gasteiger partial charge in [0, 0.05) is 31.1 Å². The maximum Gasteiger partial charge on any atom is 0.244 e. The second-order valence-corrected chi connectivity index (χ2v) is 11.8. The van der Waals surface area contributed by atoms with E-state index in [1.807, 2.05) is 30.3 Å². The van der Waals surface area contributed by atoms with Crippen molar-refractivity contribution in [3.8, 4) is 11.5 Å². The summed E-state index contributed by atoms with van der Waals surface area (Å²) in [5.74, 6) is -0.280. The molecule has 3 aromatic carbocycles. The number of anilines is 1. The highest BCUT2D eigenvalue weighted by atomic mass is 35.5. The molecule has 1 atom stereocenters. The highest BCUT2D eigenvalue weighted by Gasteiger charge is 2.34. The smallest absolute Gasteiger partial charge is 0.244 e. The van der Waals surface area contributed by atoms with Crippen LogP contribution in [0.15, 0.2) is 72.8 Å². The molecule has 0 spiro atoms. The van der Waals surface area contributed by atoms with Crippen molar-refractivity contribution in [1.82, 2.24) is 10.2 Å². The van der Waals surface area contributed by atoms with Gasteiger partial charge in [0.25, 0.3) is 0 Å². The standard InChI is InChI=1S/C29H32ClN3O6S/c1-3-40(36,37)33(23-13-14-26-27(18-23)39-16-15-38-26)20-28(34)32(19-22-11-7-8-12-24(22)30)25(29(35)31-2)17-21-9-5-4-6-10-21/h4-14,18,25H,3,15-17,19-20H2,1-2H3,(H,31,35)/t25-/m1/s1. The number of halogens is 1. The molecular formula is C29H32ClN3O6S. The number of rotatable bonds is 11. The number of nitrogens with one attached hydrogen (secondary N) is 1. The highest BCUT2D eigenvalue weighted by Crippen LogP contribution is 2.35. The molecule has 0 saturated heterocycles. The summed E-state index contributed by atoms with van der Waals surface area (Å²) in [5.41, 5.74) is 1.73. The van der Waals surface area contributed by atoms with E-state index in [4.69, 9.17) is 21.1 Å². The number of likely N-dealkylation sites (N-methyl/N-ethyl adjacent to an activating group) is 1. The van der Waals surface area contributed by atoms with Crippen molar-refractivity contribution in [2.75, 3.05) is 36.9 Å². The summed E-state index contributed by atoms with van der Waals surface area (Å²) in [6.45, 7) is 1.71. The van der Waals surface area contributed by atoms with Gasteiger partial charge in [-0.15, -0.1) is 0 Å². The zero-order valence-electron chi connectivity index (χ0n) is 22.4. The number of carbonyl (C=O) groups is 2. The molecule has 1 heterocycles. The van der Waals surface area contributed by atoms with Crippen LogP contribution in [0.4, 0.5) is 5.69 Å². The predicted molar refractivity (Wildman–Crippen MR) is 154 cm³/mol. The molecule has 0 aliphatic carbocycles. The summed E-state index contributed by atoms with van der Waals surface area (Å²) in [6, 6.07) is 20.2. The Morgan fingerprint density at radius 3 is 2.33 bits per heavy atom. The molecule has 0 fully saturated rings. The van der Waals surface area contributed by atoms with Gasteiger partial charge in [0.15, 0.2) is 11.5 Å². The zero-order chi connectivity index (χ0) is 28.7. The molecule has 0 radical (unpaired) electrons. The number of sulfonamides is 1. The molecule has 11 heteroatoms. The van der Waals surface area contributed by atoms with Crippen LogP contribution in [0.2, 0.25) is 5.02 Å². The van der Waals surface area contributed by atoms with Gasteiger partial charge in [-0.3, -0.25) is 13.9 Å². The molecule has 3 aromatic rings. The SMILES string of the molecule is CCS(=O)(=O)N(CC(=O)N(Cc1ccccc1Cl)[C@H](Cc1ccccc1)C(=O)NC)c1ccc2c(c1)OCCO2. The van der Waals surface area contributed by atoms with Crippen molar-refractivity contribution in [3.63, 3.8) is 0 Å². The van der Waals surface area contributed by atoms with Crippen LogP contribution in [0.25, 0.3) is 0 Å². The maximum absolute atomic E-state index is 14.1. The normalized spacial score (nSPS) is 13.3. The minimum absolute atomic E-state index is 0.00454. The van der Waals surface area contributed by atoms with Gasteiger partial charge in [-0.25, -0.2) is 8.42 Å². The minimum atomic E-state index is -3.90. The van der Waals surface area contributed by atoms with E-state index in [1.54, 1.807) is 42.5 Å². The van der Waals surface area contributed by atoms with Gasteiger partial charge in [0.1, 0.15) is 25.8 Å². The summed E-state index contributed by atoms with van der Waals surface area (Å²) >= 11 is 6.44. The lowest BCUT2D eigenvalue weighted by Gasteiger charge is -2.34. The monoisotopic (exact) mass is 585 g/mol. The Bertz CT molecular complexity index is 1450. The van der Waals surface area contributed by atoms with Crippen LogP contribution < -0.4 is 19.1 Å². The van der Waals surface area contributed by atoms with Crippen LogP contribution in [0.1, 0.15) is 18.1 Å². The van der Waals surface area contributed by atoms with Crippen molar-refractivity contribution in [2.45, 2.75) is 25.9 Å². The molecular weight excluding hydrogens is 554 g/mol. The average molecular weight is 586 g/mol. The van der Waals surface area contributed by atoms with Crippen LogP contribution in [0.3, 0.4) is 0 Å². The molecule has 1 aliphatic rings. The summed E-state index contributed by atoms with van der Waals surface area (Å²) in [5, 5.41) is 3.08. The maximum atomic E-state index is 14.1. The first kappa shape index (κ1) is 29.2. The lowest BCUT2D eigenvalue weighted by atomic mass is 10.0. The number of ether oxygens (including phenoxy) is 2. The molecule has 0 unspecified atom stereocenters. The Balaban J connectivity index is 1.74. The average Bonchev–Trinajstić information content (AvgIpc) is 2.98. The molecule has 40 heavy (non-hydrogen) atoms. The molecule has 1 N–H and O–H groups in total. The Morgan fingerprint density at radius 1 is 0.975 bits per heavy atom. The number of fused-ring (bicyclic) bond motifs is 1. The summed E-state index contributed by atoms with van der Waals surface area (Å²) < 4.78 is 38.8. The van der Waals surface area contributed by atoms with Crippen LogP contribution in [0.5, 0.6) is 11.5 Å². The van der Waals surface area contributed by atoms with Gasteiger partial charge in [-0.05, 0) is 36.2 Å². The van der Waals surface area contributed by atoms with Crippen LogP contribution in [0, 0.1) is 0 Å². The molecule has 0 saturated carbocycles. The Kier molecular flexibility index (Phi) is 9.54. The number of nitrogens with zero attached hydrogens (tertiary/aromatic N) is 2. The molecule has 1 aliphatic heterocycles. The van der Waals surface area contributed by atoms with Crippen molar-refractivity contribution in [3.05, 3.63) is 88.9 Å². The van der Waals surface area contributed by atoms with E-state index < -0.39 is 28.5 Å². The number of carbonyl (C=O) groups excluding carboxylic acids is 2. The lowest BCUT2D eigenvalue weighted by molar-refractivity contribution is -0.139. The van der Waals surface area contributed by atoms with Gasteiger partial charge in [-0.1, -0.05) is 60.1 Å². The number of amides is 2. The third-order valence-corrected chi connectivity index (χ3v) is 8.72. The summed E-state index contributed by atoms with van der Waals surface area (Å²) in [7, 11) is -2.40. The van der Waals surface area contributed by atoms with Gasteiger partial charge >= 0.3 is 0 Å². The Morgan fingerprint density at radius 2 is 1.65 bits per heavy atom. The first-order valence-electron chi connectivity index (χ1n) is 12.9.